The predicted molar refractivity (Wildman–Crippen MR) is 56.8 cm³/mol. The van der Waals surface area contributed by atoms with Gasteiger partial charge >= 0.3 is 11.9 Å². The third-order valence-electron chi connectivity index (χ3n) is 1.84. The van der Waals surface area contributed by atoms with E-state index in [0.29, 0.717) is 0 Å². The van der Waals surface area contributed by atoms with Crippen molar-refractivity contribution in [2.45, 2.75) is 6.92 Å². The van der Waals surface area contributed by atoms with Crippen molar-refractivity contribution < 1.29 is 28.2 Å². The summed E-state index contributed by atoms with van der Waals surface area (Å²) in [5, 5.41) is 8.54. The van der Waals surface area contributed by atoms with Crippen LogP contribution in [0, 0.1) is 23.5 Å². The van der Waals surface area contributed by atoms with Crippen LogP contribution in [-0.2, 0) is 9.53 Å². The Morgan fingerprint density at radius 3 is 2.33 bits per heavy atom. The van der Waals surface area contributed by atoms with E-state index >= 15 is 0 Å². The van der Waals surface area contributed by atoms with Crippen molar-refractivity contribution in [2.75, 3.05) is 6.61 Å². The highest BCUT2D eigenvalue weighted by molar-refractivity contribution is 5.90. The maximum atomic E-state index is 13.2. The molecule has 0 atom stereocenters. The molecule has 0 aliphatic carbocycles. The Labute approximate surface area is 101 Å². The molecule has 0 aromatic heterocycles. The number of carbonyl (C=O) groups is 2. The Morgan fingerprint density at radius 2 is 1.89 bits per heavy atom. The van der Waals surface area contributed by atoms with Crippen molar-refractivity contribution in [3.8, 4) is 11.8 Å². The monoisotopic (exact) mass is 254 g/mol. The van der Waals surface area contributed by atoms with Crippen LogP contribution in [0.2, 0.25) is 0 Å². The Bertz CT molecular complexity index is 532. The van der Waals surface area contributed by atoms with E-state index in [1.165, 1.54) is 0 Å². The van der Waals surface area contributed by atoms with Crippen LogP contribution in [0.4, 0.5) is 8.78 Å². The van der Waals surface area contributed by atoms with Crippen LogP contribution in [0.15, 0.2) is 12.1 Å². The molecule has 0 radical (unpaired) electrons. The summed E-state index contributed by atoms with van der Waals surface area (Å²) < 4.78 is 31.0. The Kier molecular flexibility index (Phi) is 4.38. The number of rotatable bonds is 2. The number of esters is 1. The minimum atomic E-state index is -1.71. The van der Waals surface area contributed by atoms with E-state index in [4.69, 9.17) is 5.11 Å². The molecule has 94 valence electrons. The predicted octanol–water partition coefficient (Wildman–Crippen LogP) is 1.58. The van der Waals surface area contributed by atoms with Crippen LogP contribution in [-0.4, -0.2) is 23.7 Å². The molecule has 1 rings (SSSR count). The molecule has 1 aromatic carbocycles. The maximum Gasteiger partial charge on any atom is 0.384 e. The Hall–Kier alpha value is -2.42. The first kappa shape index (κ1) is 13.6. The van der Waals surface area contributed by atoms with Crippen molar-refractivity contribution in [3.63, 3.8) is 0 Å². The molecule has 0 saturated heterocycles. The fourth-order valence-electron chi connectivity index (χ4n) is 1.14. The quantitative estimate of drug-likeness (QED) is 0.642. The average Bonchev–Trinajstić information content (AvgIpc) is 2.25. The van der Waals surface area contributed by atoms with Gasteiger partial charge in [-0.25, -0.2) is 18.4 Å². The normalized spacial score (nSPS) is 9.28. The van der Waals surface area contributed by atoms with Gasteiger partial charge in [-0.2, -0.15) is 0 Å². The van der Waals surface area contributed by atoms with E-state index in [9.17, 15) is 18.4 Å². The number of carboxylic acids is 1. The lowest BCUT2D eigenvalue weighted by Crippen LogP contribution is -2.05. The van der Waals surface area contributed by atoms with E-state index < -0.39 is 29.1 Å². The first-order valence-electron chi connectivity index (χ1n) is 4.86. The molecule has 0 aliphatic rings. The number of carboxylic acid groups (broad SMARTS) is 1. The maximum absolute atomic E-state index is 13.2. The molecule has 0 fully saturated rings. The fourth-order valence-corrected chi connectivity index (χ4v) is 1.14. The summed E-state index contributed by atoms with van der Waals surface area (Å²) in [6.07, 6.45) is 0. The van der Waals surface area contributed by atoms with Crippen molar-refractivity contribution in [2.24, 2.45) is 0 Å². The SMILES string of the molecule is CCOC(=O)C#Cc1cc(F)c(C(=O)O)c(F)c1. The number of ether oxygens (including phenoxy) is 1. The van der Waals surface area contributed by atoms with E-state index in [1.54, 1.807) is 6.92 Å². The molecule has 0 heterocycles. The molecule has 4 nitrogen and oxygen atoms in total. The van der Waals surface area contributed by atoms with Gasteiger partial charge in [0.25, 0.3) is 0 Å². The summed E-state index contributed by atoms with van der Waals surface area (Å²) in [5.41, 5.74) is -1.21. The molecule has 0 spiro atoms. The molecule has 1 N–H and O–H groups in total. The molecular weight excluding hydrogens is 246 g/mol. The second-order valence-electron chi connectivity index (χ2n) is 3.09. The lowest BCUT2D eigenvalue weighted by Gasteiger charge is -2.00. The zero-order valence-electron chi connectivity index (χ0n) is 9.29. The first-order valence-corrected chi connectivity index (χ1v) is 4.86. The van der Waals surface area contributed by atoms with Gasteiger partial charge in [-0.15, -0.1) is 0 Å². The first-order chi connectivity index (χ1) is 8.45. The summed E-state index contributed by atoms with van der Waals surface area (Å²) >= 11 is 0. The van der Waals surface area contributed by atoms with Crippen molar-refractivity contribution in [1.29, 1.82) is 0 Å². The standard InChI is InChI=1S/C12H8F2O4/c1-2-18-10(15)4-3-7-5-8(13)11(12(16)17)9(14)6-7/h5-6H,2H2,1H3,(H,16,17). The van der Waals surface area contributed by atoms with Gasteiger partial charge in [0.1, 0.15) is 17.2 Å². The molecule has 1 aromatic rings. The second-order valence-corrected chi connectivity index (χ2v) is 3.09. The number of carbonyl (C=O) groups excluding carboxylic acids is 1. The topological polar surface area (TPSA) is 63.6 Å². The molecule has 0 saturated carbocycles. The minimum absolute atomic E-state index is 0.133. The zero-order chi connectivity index (χ0) is 13.7. The largest absolute Gasteiger partial charge is 0.477 e. The molecule has 18 heavy (non-hydrogen) atoms. The van der Waals surface area contributed by atoms with Crippen molar-refractivity contribution >= 4 is 11.9 Å². The van der Waals surface area contributed by atoms with Crippen LogP contribution >= 0.6 is 0 Å². The van der Waals surface area contributed by atoms with Crippen molar-refractivity contribution in [1.82, 2.24) is 0 Å². The molecule has 0 unspecified atom stereocenters. The molecular formula is C12H8F2O4. The summed E-state index contributed by atoms with van der Waals surface area (Å²) in [7, 11) is 0. The van der Waals surface area contributed by atoms with Gasteiger partial charge in [0.05, 0.1) is 6.61 Å². The molecule has 0 amide bonds. The van der Waals surface area contributed by atoms with E-state index in [1.807, 2.05) is 5.92 Å². The van der Waals surface area contributed by atoms with Gasteiger partial charge in [-0.1, -0.05) is 5.92 Å². The van der Waals surface area contributed by atoms with Crippen molar-refractivity contribution in [3.05, 3.63) is 34.9 Å². The van der Waals surface area contributed by atoms with Crippen LogP contribution in [0.5, 0.6) is 0 Å². The fraction of sp³-hybridized carbons (Fsp3) is 0.167. The van der Waals surface area contributed by atoms with Gasteiger partial charge in [-0.05, 0) is 19.1 Å². The van der Waals surface area contributed by atoms with Crippen LogP contribution in [0.3, 0.4) is 0 Å². The minimum Gasteiger partial charge on any atom is -0.477 e. The lowest BCUT2D eigenvalue weighted by atomic mass is 10.1. The highest BCUT2D eigenvalue weighted by Crippen LogP contribution is 2.14. The summed E-state index contributed by atoms with van der Waals surface area (Å²) in [6.45, 7) is 1.72. The average molecular weight is 254 g/mol. The van der Waals surface area contributed by atoms with Gasteiger partial charge in [0, 0.05) is 11.5 Å². The Balaban J connectivity index is 3.07. The van der Waals surface area contributed by atoms with Crippen LogP contribution < -0.4 is 0 Å². The van der Waals surface area contributed by atoms with Gasteiger partial charge in [-0.3, -0.25) is 0 Å². The van der Waals surface area contributed by atoms with Gasteiger partial charge < -0.3 is 9.84 Å². The van der Waals surface area contributed by atoms with Crippen LogP contribution in [0.1, 0.15) is 22.8 Å². The highest BCUT2D eigenvalue weighted by atomic mass is 19.1. The molecule has 6 heteroatoms. The Morgan fingerprint density at radius 1 is 1.33 bits per heavy atom. The third-order valence-corrected chi connectivity index (χ3v) is 1.84. The van der Waals surface area contributed by atoms with Crippen LogP contribution in [0.25, 0.3) is 0 Å². The third kappa shape index (κ3) is 3.28. The lowest BCUT2D eigenvalue weighted by molar-refractivity contribution is -0.136. The highest BCUT2D eigenvalue weighted by Gasteiger charge is 2.17. The molecule has 0 bridgehead atoms. The van der Waals surface area contributed by atoms with E-state index in [2.05, 4.69) is 10.7 Å². The van der Waals surface area contributed by atoms with E-state index in [0.717, 1.165) is 12.1 Å². The summed E-state index contributed by atoms with van der Waals surface area (Å²) in [4.78, 5) is 21.4. The number of aromatic carboxylic acids is 1. The number of hydrogen-bond acceptors (Lipinski definition) is 3. The smallest absolute Gasteiger partial charge is 0.384 e. The zero-order valence-corrected chi connectivity index (χ0v) is 9.29. The number of halogens is 2. The summed E-state index contributed by atoms with van der Waals surface area (Å²) in [5.74, 6) is -0.863. The number of benzene rings is 1. The summed E-state index contributed by atoms with van der Waals surface area (Å²) in [6, 6.07) is 1.47. The van der Waals surface area contributed by atoms with Gasteiger partial charge in [0.15, 0.2) is 0 Å². The molecule has 0 aliphatic heterocycles. The second kappa shape index (κ2) is 5.77. The van der Waals surface area contributed by atoms with E-state index in [-0.39, 0.29) is 12.2 Å². The number of hydrogen-bond donors (Lipinski definition) is 1. The van der Waals surface area contributed by atoms with Gasteiger partial charge in [0.2, 0.25) is 0 Å².